The van der Waals surface area contributed by atoms with Gasteiger partial charge in [0.1, 0.15) is 5.75 Å². The molecule has 1 N–H and O–H groups in total. The molecular formula is C20H25N3O2. The Morgan fingerprint density at radius 3 is 3.00 bits per heavy atom. The molecular weight excluding hydrogens is 314 g/mol. The highest BCUT2D eigenvalue weighted by atomic mass is 16.5. The molecule has 4 rings (SSSR count). The van der Waals surface area contributed by atoms with Crippen molar-refractivity contribution in [3.8, 4) is 5.75 Å². The number of likely N-dealkylation sites (tertiary alicyclic amines) is 1. The van der Waals surface area contributed by atoms with Gasteiger partial charge in [0.25, 0.3) is 0 Å². The number of aryl methyl sites for hydroxylation is 1. The summed E-state index contributed by atoms with van der Waals surface area (Å²) in [4.78, 5) is 15.0. The third kappa shape index (κ3) is 3.28. The number of nitrogens with one attached hydrogen (secondary N) is 1. The zero-order chi connectivity index (χ0) is 17.4. The maximum atomic E-state index is 12.9. The van der Waals surface area contributed by atoms with Crippen molar-refractivity contribution in [3.63, 3.8) is 0 Å². The van der Waals surface area contributed by atoms with Crippen molar-refractivity contribution in [2.75, 3.05) is 20.2 Å². The highest BCUT2D eigenvalue weighted by Gasteiger charge is 2.46. The van der Waals surface area contributed by atoms with E-state index in [0.29, 0.717) is 17.7 Å². The van der Waals surface area contributed by atoms with Gasteiger partial charge in [-0.05, 0) is 55.9 Å². The van der Waals surface area contributed by atoms with Crippen LogP contribution in [0.5, 0.6) is 5.75 Å². The molecule has 5 heteroatoms. The Morgan fingerprint density at radius 2 is 2.24 bits per heavy atom. The summed E-state index contributed by atoms with van der Waals surface area (Å²) in [5.74, 6) is 2.01. The lowest BCUT2D eigenvalue weighted by Crippen LogP contribution is -2.40. The van der Waals surface area contributed by atoms with E-state index in [1.54, 1.807) is 7.11 Å². The van der Waals surface area contributed by atoms with Crippen LogP contribution in [0.15, 0.2) is 30.3 Å². The first-order chi connectivity index (χ1) is 12.2. The molecule has 5 nitrogen and oxygen atoms in total. The Bertz CT molecular complexity index is 770. The predicted octanol–water partition coefficient (Wildman–Crippen LogP) is 3.24. The minimum absolute atomic E-state index is 0.131. The number of aromatic nitrogens is 2. The second kappa shape index (κ2) is 6.54. The second-order valence-corrected chi connectivity index (χ2v) is 7.32. The summed E-state index contributed by atoms with van der Waals surface area (Å²) in [6.07, 6.45) is 3.12. The molecule has 25 heavy (non-hydrogen) atoms. The summed E-state index contributed by atoms with van der Waals surface area (Å²) in [7, 11) is 1.68. The summed E-state index contributed by atoms with van der Waals surface area (Å²) < 4.78 is 5.30. The number of methoxy groups -OCH3 is 1. The molecule has 0 spiro atoms. The van der Waals surface area contributed by atoms with E-state index >= 15 is 0 Å². The Balaban J connectivity index is 1.41. The van der Waals surface area contributed by atoms with E-state index in [1.807, 2.05) is 19.1 Å². The zero-order valence-corrected chi connectivity index (χ0v) is 14.9. The fourth-order valence-corrected chi connectivity index (χ4v) is 4.01. The van der Waals surface area contributed by atoms with E-state index < -0.39 is 0 Å². The SMILES string of the molecule is COc1cccc([C@@H]2C[C@H]2C(=O)N2CCC[C@@H](c3cc(C)[nH]n3)C2)c1. The molecule has 0 radical (unpaired) electrons. The van der Waals surface area contributed by atoms with Crippen LogP contribution in [-0.4, -0.2) is 41.2 Å². The molecule has 2 aliphatic rings. The van der Waals surface area contributed by atoms with Crippen molar-refractivity contribution in [2.24, 2.45) is 5.92 Å². The normalized spacial score (nSPS) is 25.7. The number of piperidine rings is 1. The van der Waals surface area contributed by atoms with Gasteiger partial charge >= 0.3 is 0 Å². The van der Waals surface area contributed by atoms with Crippen molar-refractivity contribution in [1.29, 1.82) is 0 Å². The van der Waals surface area contributed by atoms with E-state index in [9.17, 15) is 4.79 Å². The summed E-state index contributed by atoms with van der Waals surface area (Å²) in [5, 5.41) is 7.42. The smallest absolute Gasteiger partial charge is 0.226 e. The molecule has 0 bridgehead atoms. The number of hydrogen-bond donors (Lipinski definition) is 1. The lowest BCUT2D eigenvalue weighted by molar-refractivity contribution is -0.133. The first kappa shape index (κ1) is 16.2. The fraction of sp³-hybridized carbons (Fsp3) is 0.500. The van der Waals surface area contributed by atoms with Crippen LogP contribution in [0.2, 0.25) is 0 Å². The minimum Gasteiger partial charge on any atom is -0.497 e. The summed E-state index contributed by atoms with van der Waals surface area (Å²) in [6.45, 7) is 3.69. The Morgan fingerprint density at radius 1 is 1.36 bits per heavy atom. The molecule has 1 aromatic heterocycles. The highest BCUT2D eigenvalue weighted by molar-refractivity contribution is 5.83. The van der Waals surface area contributed by atoms with Crippen molar-refractivity contribution < 1.29 is 9.53 Å². The molecule has 1 aliphatic carbocycles. The zero-order valence-electron chi connectivity index (χ0n) is 14.9. The number of carbonyl (C=O) groups is 1. The number of nitrogens with zero attached hydrogens (tertiary/aromatic N) is 2. The molecule has 3 atom stereocenters. The van der Waals surface area contributed by atoms with Crippen LogP contribution >= 0.6 is 0 Å². The second-order valence-electron chi connectivity index (χ2n) is 7.32. The molecule has 1 aromatic carbocycles. The highest BCUT2D eigenvalue weighted by Crippen LogP contribution is 2.49. The topological polar surface area (TPSA) is 58.2 Å². The Hall–Kier alpha value is -2.30. The number of benzene rings is 1. The van der Waals surface area contributed by atoms with Crippen LogP contribution in [0.1, 0.15) is 48.0 Å². The molecule has 2 aromatic rings. The van der Waals surface area contributed by atoms with Crippen molar-refractivity contribution in [3.05, 3.63) is 47.3 Å². The van der Waals surface area contributed by atoms with E-state index in [0.717, 1.165) is 49.5 Å². The Kier molecular flexibility index (Phi) is 4.24. The van der Waals surface area contributed by atoms with Gasteiger partial charge in [-0.15, -0.1) is 0 Å². The maximum absolute atomic E-state index is 12.9. The number of carbonyl (C=O) groups excluding carboxylic acids is 1. The third-order valence-corrected chi connectivity index (χ3v) is 5.51. The van der Waals surface area contributed by atoms with Gasteiger partial charge in [-0.1, -0.05) is 12.1 Å². The first-order valence-corrected chi connectivity index (χ1v) is 9.10. The molecule has 0 unspecified atom stereocenters. The summed E-state index contributed by atoms with van der Waals surface area (Å²) >= 11 is 0. The summed E-state index contributed by atoms with van der Waals surface area (Å²) in [5.41, 5.74) is 3.39. The van der Waals surface area contributed by atoms with Crippen molar-refractivity contribution in [2.45, 2.75) is 38.0 Å². The van der Waals surface area contributed by atoms with Gasteiger partial charge in [-0.25, -0.2) is 0 Å². The molecule has 1 saturated heterocycles. The first-order valence-electron chi connectivity index (χ1n) is 9.10. The van der Waals surface area contributed by atoms with E-state index in [4.69, 9.17) is 4.74 Å². The number of aromatic amines is 1. The van der Waals surface area contributed by atoms with Crippen LogP contribution < -0.4 is 4.74 Å². The molecule has 132 valence electrons. The van der Waals surface area contributed by atoms with E-state index in [1.165, 1.54) is 5.56 Å². The largest absolute Gasteiger partial charge is 0.497 e. The number of H-pyrrole nitrogens is 1. The predicted molar refractivity (Wildman–Crippen MR) is 95.7 cm³/mol. The van der Waals surface area contributed by atoms with Crippen LogP contribution in [0.4, 0.5) is 0 Å². The van der Waals surface area contributed by atoms with Crippen LogP contribution in [0, 0.1) is 12.8 Å². The molecule has 1 aliphatic heterocycles. The monoisotopic (exact) mass is 339 g/mol. The summed E-state index contributed by atoms with van der Waals surface area (Å²) in [6, 6.07) is 10.2. The number of rotatable bonds is 4. The molecule has 1 saturated carbocycles. The maximum Gasteiger partial charge on any atom is 0.226 e. The van der Waals surface area contributed by atoms with E-state index in [-0.39, 0.29) is 5.92 Å². The number of amides is 1. The fourth-order valence-electron chi connectivity index (χ4n) is 4.01. The Labute approximate surface area is 148 Å². The van der Waals surface area contributed by atoms with Gasteiger partial charge in [0.2, 0.25) is 5.91 Å². The standard InChI is InChI=1S/C20H25N3O2/c1-13-9-19(22-21-13)15-6-4-8-23(12-15)20(24)18-11-17(18)14-5-3-7-16(10-14)25-2/h3,5,7,9-10,15,17-18H,4,6,8,11-12H2,1-2H3,(H,21,22)/t15-,17+,18-/m1/s1. The number of ether oxygens (including phenoxy) is 1. The van der Waals surface area contributed by atoms with Crippen molar-refractivity contribution >= 4 is 5.91 Å². The lowest BCUT2D eigenvalue weighted by atomic mass is 9.94. The molecule has 1 amide bonds. The van der Waals surface area contributed by atoms with Gasteiger partial charge < -0.3 is 9.64 Å². The average molecular weight is 339 g/mol. The van der Waals surface area contributed by atoms with Crippen LogP contribution in [-0.2, 0) is 4.79 Å². The molecule has 2 fully saturated rings. The quantitative estimate of drug-likeness (QED) is 0.930. The number of hydrogen-bond acceptors (Lipinski definition) is 3. The van der Waals surface area contributed by atoms with Gasteiger partial charge in [0, 0.05) is 30.6 Å². The van der Waals surface area contributed by atoms with Crippen LogP contribution in [0.25, 0.3) is 0 Å². The average Bonchev–Trinajstić information content (AvgIpc) is 3.34. The van der Waals surface area contributed by atoms with E-state index in [2.05, 4.69) is 33.3 Å². The minimum atomic E-state index is 0.131. The van der Waals surface area contributed by atoms with Gasteiger partial charge in [-0.2, -0.15) is 5.10 Å². The van der Waals surface area contributed by atoms with Gasteiger partial charge in [0.05, 0.1) is 12.8 Å². The van der Waals surface area contributed by atoms with Crippen LogP contribution in [0.3, 0.4) is 0 Å². The van der Waals surface area contributed by atoms with Crippen molar-refractivity contribution in [1.82, 2.24) is 15.1 Å². The lowest BCUT2D eigenvalue weighted by Gasteiger charge is -2.32. The van der Waals surface area contributed by atoms with Gasteiger partial charge in [0.15, 0.2) is 0 Å². The molecule has 2 heterocycles. The third-order valence-electron chi connectivity index (χ3n) is 5.51. The van der Waals surface area contributed by atoms with Gasteiger partial charge in [-0.3, -0.25) is 9.89 Å².